The van der Waals surface area contributed by atoms with Crippen LogP contribution in [0.5, 0.6) is 0 Å². The Hall–Kier alpha value is -0.940. The van der Waals surface area contributed by atoms with Crippen LogP contribution in [0.25, 0.3) is 0 Å². The first-order chi connectivity index (χ1) is 8.58. The van der Waals surface area contributed by atoms with Gasteiger partial charge in [0, 0.05) is 23.3 Å². The first kappa shape index (κ1) is 13.5. The number of piperidine rings is 1. The highest BCUT2D eigenvalue weighted by molar-refractivity contribution is 9.10. The number of anilines is 1. The normalized spacial score (nSPS) is 20.6. The number of amides is 1. The highest BCUT2D eigenvalue weighted by Gasteiger charge is 2.29. The highest BCUT2D eigenvalue weighted by atomic mass is 79.9. The molecule has 1 unspecified atom stereocenters. The molecule has 1 saturated heterocycles. The number of nitrogens with zero attached hydrogens (tertiary/aromatic N) is 2. The van der Waals surface area contributed by atoms with Gasteiger partial charge in [-0.3, -0.25) is 9.78 Å². The summed E-state index contributed by atoms with van der Waals surface area (Å²) in [5.41, 5.74) is 0.865. The summed E-state index contributed by atoms with van der Waals surface area (Å²) < 4.78 is 0.895. The topological polar surface area (TPSA) is 45.2 Å². The number of hydrogen-bond acceptors (Lipinski definition) is 3. The van der Waals surface area contributed by atoms with Crippen LogP contribution < -0.4 is 10.2 Å². The Morgan fingerprint density at radius 3 is 2.94 bits per heavy atom. The second-order valence-corrected chi connectivity index (χ2v) is 5.78. The Balaban J connectivity index is 2.16. The van der Waals surface area contributed by atoms with Gasteiger partial charge in [-0.25, -0.2) is 0 Å². The smallest absolute Gasteiger partial charge is 0.244 e. The van der Waals surface area contributed by atoms with Crippen molar-refractivity contribution in [2.45, 2.75) is 38.8 Å². The molecule has 0 bridgehead atoms. The predicted octanol–water partition coefficient (Wildman–Crippen LogP) is 2.34. The summed E-state index contributed by atoms with van der Waals surface area (Å²) in [5.74, 6) is 0.148. The molecule has 1 aromatic rings. The first-order valence-corrected chi connectivity index (χ1v) is 7.05. The molecule has 0 radical (unpaired) electrons. The molecule has 2 heterocycles. The maximum Gasteiger partial charge on any atom is 0.244 e. The molecule has 0 spiro atoms. The van der Waals surface area contributed by atoms with Gasteiger partial charge in [0.2, 0.25) is 5.91 Å². The van der Waals surface area contributed by atoms with Crippen molar-refractivity contribution in [2.24, 2.45) is 0 Å². The molecule has 1 N–H and O–H groups in total. The third-order valence-corrected chi connectivity index (χ3v) is 3.41. The molecule has 1 fully saturated rings. The lowest BCUT2D eigenvalue weighted by Gasteiger charge is -2.33. The molecule has 0 aromatic carbocycles. The Morgan fingerprint density at radius 2 is 2.28 bits per heavy atom. The maximum atomic E-state index is 12.4. The molecule has 1 aliphatic heterocycles. The van der Waals surface area contributed by atoms with Crippen LogP contribution in [-0.2, 0) is 4.79 Å². The summed E-state index contributed by atoms with van der Waals surface area (Å²) in [4.78, 5) is 18.3. The molecular formula is C13H18BrN3O. The minimum absolute atomic E-state index is 0.0715. The average molecular weight is 312 g/mol. The molecule has 4 nitrogen and oxygen atoms in total. The van der Waals surface area contributed by atoms with Crippen molar-refractivity contribution in [3.8, 4) is 0 Å². The molecule has 1 aromatic heterocycles. The van der Waals surface area contributed by atoms with Gasteiger partial charge in [-0.05, 0) is 34.8 Å². The molecule has 2 rings (SSSR count). The van der Waals surface area contributed by atoms with Gasteiger partial charge in [0.25, 0.3) is 0 Å². The first-order valence-electron chi connectivity index (χ1n) is 6.26. The molecule has 18 heavy (non-hydrogen) atoms. The van der Waals surface area contributed by atoms with Crippen molar-refractivity contribution >= 4 is 27.5 Å². The van der Waals surface area contributed by atoms with Gasteiger partial charge in [0.1, 0.15) is 0 Å². The van der Waals surface area contributed by atoms with E-state index in [-0.39, 0.29) is 11.9 Å². The van der Waals surface area contributed by atoms with Crippen LogP contribution in [-0.4, -0.2) is 29.5 Å². The van der Waals surface area contributed by atoms with E-state index >= 15 is 0 Å². The maximum absolute atomic E-state index is 12.4. The van der Waals surface area contributed by atoms with Gasteiger partial charge in [-0.1, -0.05) is 13.8 Å². The van der Waals surface area contributed by atoms with E-state index in [1.165, 1.54) is 0 Å². The van der Waals surface area contributed by atoms with Crippen LogP contribution >= 0.6 is 15.9 Å². The van der Waals surface area contributed by atoms with Gasteiger partial charge < -0.3 is 10.2 Å². The number of halogens is 1. The molecule has 0 saturated carbocycles. The largest absolute Gasteiger partial charge is 0.310 e. The van der Waals surface area contributed by atoms with E-state index in [9.17, 15) is 4.79 Å². The molecular weight excluding hydrogens is 294 g/mol. The predicted molar refractivity (Wildman–Crippen MR) is 75.6 cm³/mol. The molecule has 5 heteroatoms. The van der Waals surface area contributed by atoms with Crippen molar-refractivity contribution in [1.82, 2.24) is 10.3 Å². The Morgan fingerprint density at radius 1 is 1.50 bits per heavy atom. The Kier molecular flexibility index (Phi) is 4.35. The summed E-state index contributed by atoms with van der Waals surface area (Å²) in [6, 6.07) is 2.18. The second-order valence-electron chi connectivity index (χ2n) is 4.87. The minimum Gasteiger partial charge on any atom is -0.310 e. The quantitative estimate of drug-likeness (QED) is 0.932. The van der Waals surface area contributed by atoms with Crippen molar-refractivity contribution in [3.63, 3.8) is 0 Å². The minimum atomic E-state index is -0.0715. The summed E-state index contributed by atoms with van der Waals surface area (Å²) >= 11 is 3.39. The van der Waals surface area contributed by atoms with E-state index in [0.717, 1.165) is 29.5 Å². The number of pyridine rings is 1. The van der Waals surface area contributed by atoms with Crippen molar-refractivity contribution in [2.75, 3.05) is 11.4 Å². The summed E-state index contributed by atoms with van der Waals surface area (Å²) in [6.45, 7) is 4.90. The van der Waals surface area contributed by atoms with Crippen molar-refractivity contribution in [3.05, 3.63) is 22.9 Å². The SMILES string of the molecule is CC(C)NC1CCCN(c2cncc(Br)c2)C1=O. The third-order valence-electron chi connectivity index (χ3n) is 2.98. The standard InChI is InChI=1S/C13H18BrN3O/c1-9(2)16-12-4-3-5-17(13(12)18)11-6-10(14)7-15-8-11/h6-9,12,16H,3-5H2,1-2H3. The highest BCUT2D eigenvalue weighted by Crippen LogP contribution is 2.23. The summed E-state index contributed by atoms with van der Waals surface area (Å²) in [6.07, 6.45) is 5.39. The lowest BCUT2D eigenvalue weighted by Crippen LogP contribution is -2.52. The number of carbonyl (C=O) groups is 1. The number of hydrogen-bond donors (Lipinski definition) is 1. The van der Waals surface area contributed by atoms with Gasteiger partial charge in [0.15, 0.2) is 0 Å². The zero-order chi connectivity index (χ0) is 13.1. The fourth-order valence-corrected chi connectivity index (χ4v) is 2.59. The van der Waals surface area contributed by atoms with E-state index in [2.05, 4.69) is 40.1 Å². The summed E-state index contributed by atoms with van der Waals surface area (Å²) in [5, 5.41) is 3.32. The third kappa shape index (κ3) is 3.09. The van der Waals surface area contributed by atoms with Gasteiger partial charge in [0.05, 0.1) is 17.9 Å². The number of rotatable bonds is 3. The van der Waals surface area contributed by atoms with Crippen LogP contribution in [0.1, 0.15) is 26.7 Å². The zero-order valence-corrected chi connectivity index (χ0v) is 12.3. The average Bonchev–Trinajstić information content (AvgIpc) is 2.31. The number of aromatic nitrogens is 1. The van der Waals surface area contributed by atoms with Gasteiger partial charge in [-0.15, -0.1) is 0 Å². The molecule has 0 aliphatic carbocycles. The molecule has 1 aliphatic rings. The second kappa shape index (κ2) is 5.80. The van der Waals surface area contributed by atoms with Crippen LogP contribution in [0.15, 0.2) is 22.9 Å². The van der Waals surface area contributed by atoms with E-state index in [1.807, 2.05) is 11.0 Å². The number of nitrogens with one attached hydrogen (secondary N) is 1. The molecule has 1 atom stereocenters. The van der Waals surface area contributed by atoms with Crippen LogP contribution in [0, 0.1) is 0 Å². The molecule has 98 valence electrons. The monoisotopic (exact) mass is 311 g/mol. The van der Waals surface area contributed by atoms with E-state index in [4.69, 9.17) is 0 Å². The van der Waals surface area contributed by atoms with E-state index in [0.29, 0.717) is 6.04 Å². The van der Waals surface area contributed by atoms with Crippen LogP contribution in [0.3, 0.4) is 0 Å². The Bertz CT molecular complexity index is 436. The van der Waals surface area contributed by atoms with Gasteiger partial charge in [-0.2, -0.15) is 0 Å². The molecule has 1 amide bonds. The zero-order valence-electron chi connectivity index (χ0n) is 10.7. The van der Waals surface area contributed by atoms with Crippen molar-refractivity contribution in [1.29, 1.82) is 0 Å². The van der Waals surface area contributed by atoms with Crippen LogP contribution in [0.4, 0.5) is 5.69 Å². The summed E-state index contributed by atoms with van der Waals surface area (Å²) in [7, 11) is 0. The van der Waals surface area contributed by atoms with Crippen LogP contribution in [0.2, 0.25) is 0 Å². The fourth-order valence-electron chi connectivity index (χ4n) is 2.24. The van der Waals surface area contributed by atoms with Gasteiger partial charge >= 0.3 is 0 Å². The Labute approximate surface area is 116 Å². The lowest BCUT2D eigenvalue weighted by atomic mass is 10.0. The lowest BCUT2D eigenvalue weighted by molar-refractivity contribution is -0.121. The number of carbonyl (C=O) groups excluding carboxylic acids is 1. The van der Waals surface area contributed by atoms with Crippen molar-refractivity contribution < 1.29 is 4.79 Å². The van der Waals surface area contributed by atoms with E-state index < -0.39 is 0 Å². The van der Waals surface area contributed by atoms with E-state index in [1.54, 1.807) is 12.4 Å². The fraction of sp³-hybridized carbons (Fsp3) is 0.538.